The van der Waals surface area contributed by atoms with Crippen molar-refractivity contribution in [3.63, 3.8) is 0 Å². The van der Waals surface area contributed by atoms with Crippen LogP contribution in [0.5, 0.6) is 0 Å². The molecule has 0 unspecified atom stereocenters. The van der Waals surface area contributed by atoms with Crippen LogP contribution in [0.3, 0.4) is 0 Å². The monoisotopic (exact) mass is 483 g/mol. The summed E-state index contributed by atoms with van der Waals surface area (Å²) < 4.78 is 47.0. The third kappa shape index (κ3) is 4.89. The van der Waals surface area contributed by atoms with Crippen LogP contribution in [0.4, 0.5) is 23.0 Å². The van der Waals surface area contributed by atoms with Crippen LogP contribution >= 0.6 is 0 Å². The summed E-state index contributed by atoms with van der Waals surface area (Å²) in [5.41, 5.74) is 4.35. The lowest BCUT2D eigenvalue weighted by Gasteiger charge is -2.13. The molecule has 0 atom stereocenters. The van der Waals surface area contributed by atoms with Gasteiger partial charge in [0.25, 0.3) is 0 Å². The number of nitrogens with zero attached hydrogens (tertiary/aromatic N) is 4. The highest BCUT2D eigenvalue weighted by Crippen LogP contribution is 2.30. The number of benzene rings is 3. The first-order chi connectivity index (χ1) is 15.8. The van der Waals surface area contributed by atoms with Crippen molar-refractivity contribution in [3.05, 3.63) is 72.9 Å². The first kappa shape index (κ1) is 22.5. The van der Waals surface area contributed by atoms with Gasteiger partial charge in [0.1, 0.15) is 0 Å². The molecule has 11 heteroatoms. The molecule has 9 nitrogen and oxygen atoms in total. The molecule has 1 N–H and O–H groups in total. The SMILES string of the molecule is CN(c1ccc(Nc2ncc3cccc(-c4ccc(N(C)[SH](=O)=O)cc4)c3n2)cc1)[SH](=O)=O. The zero-order valence-corrected chi connectivity index (χ0v) is 19.5. The number of nitrogens with one attached hydrogen (secondary N) is 1. The van der Waals surface area contributed by atoms with Crippen LogP contribution in [-0.4, -0.2) is 40.9 Å². The Kier molecular flexibility index (Phi) is 6.43. The molecule has 1 heterocycles. The molecule has 0 saturated carbocycles. The largest absolute Gasteiger partial charge is 0.324 e. The minimum atomic E-state index is -2.70. The standard InChI is InChI=1S/C22H21N5O4S2/c1-26(32(28)29)18-10-6-15(7-11-18)20-5-3-4-16-14-23-22(25-21(16)20)24-17-8-12-19(13-9-17)27(2)33(30)31/h3-14,32-33H,1-2H3,(H,23,24,25). The number of anilines is 4. The van der Waals surface area contributed by atoms with Gasteiger partial charge < -0.3 is 5.32 Å². The first-order valence-electron chi connectivity index (χ1n) is 9.83. The highest BCUT2D eigenvalue weighted by atomic mass is 32.2. The van der Waals surface area contributed by atoms with Crippen LogP contribution in [0.15, 0.2) is 72.9 Å². The Labute approximate surface area is 194 Å². The van der Waals surface area contributed by atoms with E-state index in [4.69, 9.17) is 0 Å². The van der Waals surface area contributed by atoms with Crippen molar-refractivity contribution in [3.8, 4) is 11.1 Å². The van der Waals surface area contributed by atoms with E-state index >= 15 is 0 Å². The molecule has 3 aromatic carbocycles. The van der Waals surface area contributed by atoms with E-state index in [9.17, 15) is 16.8 Å². The maximum absolute atomic E-state index is 11.2. The van der Waals surface area contributed by atoms with Crippen LogP contribution in [0, 0.1) is 0 Å². The number of fused-ring (bicyclic) bond motifs is 1. The van der Waals surface area contributed by atoms with Gasteiger partial charge in [-0.05, 0) is 42.0 Å². The Morgan fingerprint density at radius 1 is 0.758 bits per heavy atom. The van der Waals surface area contributed by atoms with Gasteiger partial charge in [-0.3, -0.25) is 8.61 Å². The minimum absolute atomic E-state index is 0.394. The van der Waals surface area contributed by atoms with Crippen molar-refractivity contribution in [2.45, 2.75) is 0 Å². The number of thiol groups is 2. The molecule has 0 radical (unpaired) electrons. The van der Waals surface area contributed by atoms with Crippen LogP contribution in [0.1, 0.15) is 0 Å². The molecular formula is C22H21N5O4S2. The third-order valence-electron chi connectivity index (χ3n) is 5.15. The predicted molar refractivity (Wildman–Crippen MR) is 132 cm³/mol. The van der Waals surface area contributed by atoms with Gasteiger partial charge >= 0.3 is 0 Å². The fourth-order valence-electron chi connectivity index (χ4n) is 3.28. The molecule has 0 aliphatic carbocycles. The Morgan fingerprint density at radius 3 is 1.91 bits per heavy atom. The number of rotatable bonds is 7. The highest BCUT2D eigenvalue weighted by Gasteiger charge is 2.10. The van der Waals surface area contributed by atoms with E-state index < -0.39 is 21.8 Å². The Hall–Kier alpha value is -3.70. The van der Waals surface area contributed by atoms with E-state index in [1.807, 2.05) is 30.3 Å². The lowest BCUT2D eigenvalue weighted by Crippen LogP contribution is -2.13. The fourth-order valence-corrected chi connectivity index (χ4v) is 3.93. The van der Waals surface area contributed by atoms with Crippen molar-refractivity contribution >= 4 is 55.7 Å². The summed E-state index contributed by atoms with van der Waals surface area (Å²) >= 11 is 0. The number of hydrogen-bond donors (Lipinski definition) is 3. The average molecular weight is 484 g/mol. The van der Waals surface area contributed by atoms with Gasteiger partial charge in [-0.25, -0.2) is 26.8 Å². The first-order valence-corrected chi connectivity index (χ1v) is 12.1. The van der Waals surface area contributed by atoms with Gasteiger partial charge in [-0.1, -0.05) is 30.3 Å². The summed E-state index contributed by atoms with van der Waals surface area (Å²) in [4.78, 5) is 9.06. The topological polar surface area (TPSA) is 113 Å². The lowest BCUT2D eigenvalue weighted by atomic mass is 10.0. The molecule has 170 valence electrons. The van der Waals surface area contributed by atoms with E-state index in [0.717, 1.165) is 26.3 Å². The number of hydrogen-bond acceptors (Lipinski definition) is 7. The van der Waals surface area contributed by atoms with Crippen LogP contribution in [0.2, 0.25) is 0 Å². The summed E-state index contributed by atoms with van der Waals surface area (Å²) in [6.45, 7) is 0. The van der Waals surface area contributed by atoms with E-state index in [-0.39, 0.29) is 0 Å². The molecule has 33 heavy (non-hydrogen) atoms. The molecule has 0 spiro atoms. The van der Waals surface area contributed by atoms with Crippen molar-refractivity contribution in [1.29, 1.82) is 0 Å². The molecule has 0 fully saturated rings. The van der Waals surface area contributed by atoms with E-state index in [0.29, 0.717) is 23.0 Å². The molecule has 1 aromatic heterocycles. The number of aromatic nitrogens is 2. The molecule has 4 rings (SSSR count). The highest BCUT2D eigenvalue weighted by molar-refractivity contribution is 7.74. The smallest absolute Gasteiger partial charge is 0.227 e. The maximum atomic E-state index is 11.2. The van der Waals surface area contributed by atoms with Crippen LogP contribution in [-0.2, 0) is 21.8 Å². The quantitative estimate of drug-likeness (QED) is 0.347. The average Bonchev–Trinajstić information content (AvgIpc) is 2.83. The molecule has 0 saturated heterocycles. The Balaban J connectivity index is 1.65. The van der Waals surface area contributed by atoms with E-state index in [2.05, 4.69) is 15.3 Å². The lowest BCUT2D eigenvalue weighted by molar-refractivity contribution is 0.611. The second-order valence-corrected chi connectivity index (χ2v) is 9.33. The van der Waals surface area contributed by atoms with Crippen molar-refractivity contribution < 1.29 is 16.8 Å². The van der Waals surface area contributed by atoms with Gasteiger partial charge in [0.15, 0.2) is 0 Å². The van der Waals surface area contributed by atoms with Crippen molar-refractivity contribution in [1.82, 2.24) is 9.97 Å². The van der Waals surface area contributed by atoms with E-state index in [1.54, 1.807) is 42.6 Å². The summed E-state index contributed by atoms with van der Waals surface area (Å²) in [5.74, 6) is 0.394. The zero-order chi connectivity index (χ0) is 23.5. The Bertz CT molecular complexity index is 1440. The van der Waals surface area contributed by atoms with Gasteiger partial charge in [0.05, 0.1) is 16.9 Å². The van der Waals surface area contributed by atoms with E-state index in [1.165, 1.54) is 18.4 Å². The third-order valence-corrected chi connectivity index (χ3v) is 6.59. The summed E-state index contributed by atoms with van der Waals surface area (Å²) in [6.07, 6.45) is 1.72. The van der Waals surface area contributed by atoms with Gasteiger partial charge in [-0.15, -0.1) is 0 Å². The summed E-state index contributed by atoms with van der Waals surface area (Å²) in [6, 6.07) is 19.8. The predicted octanol–water partition coefficient (Wildman–Crippen LogP) is 2.97. The summed E-state index contributed by atoms with van der Waals surface area (Å²) in [5, 5.41) is 4.00. The molecule has 0 amide bonds. The molecule has 0 aliphatic heterocycles. The van der Waals surface area contributed by atoms with Crippen LogP contribution in [0.25, 0.3) is 22.0 Å². The van der Waals surface area contributed by atoms with Gasteiger partial charge in [0, 0.05) is 36.9 Å². The normalized spacial score (nSPS) is 11.2. The molecular weight excluding hydrogens is 462 g/mol. The minimum Gasteiger partial charge on any atom is -0.324 e. The number of para-hydroxylation sites is 1. The molecule has 0 bridgehead atoms. The molecule has 4 aromatic rings. The van der Waals surface area contributed by atoms with Crippen molar-refractivity contribution in [2.24, 2.45) is 0 Å². The maximum Gasteiger partial charge on any atom is 0.227 e. The summed E-state index contributed by atoms with van der Waals surface area (Å²) in [7, 11) is -2.42. The fraction of sp³-hybridized carbons (Fsp3) is 0.0909. The van der Waals surface area contributed by atoms with Crippen LogP contribution < -0.4 is 13.9 Å². The second-order valence-electron chi connectivity index (χ2n) is 7.18. The zero-order valence-electron chi connectivity index (χ0n) is 17.7. The van der Waals surface area contributed by atoms with Crippen molar-refractivity contribution in [2.75, 3.05) is 28.0 Å². The van der Waals surface area contributed by atoms with Gasteiger partial charge in [-0.2, -0.15) is 0 Å². The van der Waals surface area contributed by atoms with Gasteiger partial charge in [0.2, 0.25) is 27.7 Å². The molecule has 0 aliphatic rings. The Morgan fingerprint density at radius 2 is 1.33 bits per heavy atom. The second kappa shape index (κ2) is 9.43.